The van der Waals surface area contributed by atoms with E-state index in [-0.39, 0.29) is 0 Å². The second-order valence-electron chi connectivity index (χ2n) is 8.07. The molecule has 0 bridgehead atoms. The molecule has 27 heavy (non-hydrogen) atoms. The first-order valence-electron chi connectivity index (χ1n) is 10.7. The SMILES string of the molecule is c1ccc(CN2CCC(NC[C@@H](c3ccco3)N3CCCCC3)CC2)cc1. The summed E-state index contributed by atoms with van der Waals surface area (Å²) in [4.78, 5) is 5.20. The molecule has 1 aromatic carbocycles. The lowest BCUT2D eigenvalue weighted by Gasteiger charge is -2.36. The van der Waals surface area contributed by atoms with Gasteiger partial charge in [-0.2, -0.15) is 0 Å². The first kappa shape index (κ1) is 18.7. The zero-order valence-corrected chi connectivity index (χ0v) is 16.4. The summed E-state index contributed by atoms with van der Waals surface area (Å²) in [5.74, 6) is 1.12. The Bertz CT molecular complexity index is 644. The second kappa shape index (κ2) is 9.54. The largest absolute Gasteiger partial charge is 0.468 e. The summed E-state index contributed by atoms with van der Waals surface area (Å²) in [6.07, 6.45) is 8.28. The second-order valence-corrected chi connectivity index (χ2v) is 8.07. The number of rotatable bonds is 7. The van der Waals surface area contributed by atoms with Crippen molar-refractivity contribution < 1.29 is 4.42 Å². The molecule has 1 atom stereocenters. The predicted octanol–water partition coefficient (Wildman–Crippen LogP) is 4.06. The van der Waals surface area contributed by atoms with Crippen LogP contribution in [0.5, 0.6) is 0 Å². The number of piperidine rings is 2. The van der Waals surface area contributed by atoms with Gasteiger partial charge in [0.05, 0.1) is 12.3 Å². The summed E-state index contributed by atoms with van der Waals surface area (Å²) in [6, 6.07) is 16.0. The van der Waals surface area contributed by atoms with Gasteiger partial charge in [0.2, 0.25) is 0 Å². The number of nitrogens with one attached hydrogen (secondary N) is 1. The number of benzene rings is 1. The minimum Gasteiger partial charge on any atom is -0.468 e. The molecule has 2 aromatic rings. The van der Waals surface area contributed by atoms with Gasteiger partial charge in [0.25, 0.3) is 0 Å². The van der Waals surface area contributed by atoms with E-state index in [1.165, 1.54) is 63.8 Å². The van der Waals surface area contributed by atoms with Crippen LogP contribution in [0, 0.1) is 0 Å². The van der Waals surface area contributed by atoms with Crippen LogP contribution in [-0.4, -0.2) is 48.6 Å². The Morgan fingerprint density at radius 2 is 1.70 bits per heavy atom. The van der Waals surface area contributed by atoms with Gasteiger partial charge in [-0.05, 0) is 69.6 Å². The van der Waals surface area contributed by atoms with Crippen LogP contribution in [0.4, 0.5) is 0 Å². The van der Waals surface area contributed by atoms with Crippen molar-refractivity contribution in [3.05, 3.63) is 60.1 Å². The number of hydrogen-bond donors (Lipinski definition) is 1. The molecule has 2 aliphatic heterocycles. The molecule has 1 N–H and O–H groups in total. The van der Waals surface area contributed by atoms with E-state index < -0.39 is 0 Å². The number of furan rings is 1. The lowest BCUT2D eigenvalue weighted by atomic mass is 10.0. The maximum absolute atomic E-state index is 5.78. The van der Waals surface area contributed by atoms with E-state index >= 15 is 0 Å². The highest BCUT2D eigenvalue weighted by molar-refractivity contribution is 5.14. The van der Waals surface area contributed by atoms with Crippen LogP contribution < -0.4 is 5.32 Å². The lowest BCUT2D eigenvalue weighted by molar-refractivity contribution is 0.131. The van der Waals surface area contributed by atoms with Crippen molar-refractivity contribution >= 4 is 0 Å². The summed E-state index contributed by atoms with van der Waals surface area (Å²) in [7, 11) is 0. The van der Waals surface area contributed by atoms with Gasteiger partial charge in [0, 0.05) is 19.1 Å². The van der Waals surface area contributed by atoms with Crippen molar-refractivity contribution in [1.29, 1.82) is 0 Å². The zero-order chi connectivity index (χ0) is 18.3. The maximum Gasteiger partial charge on any atom is 0.122 e. The van der Waals surface area contributed by atoms with Gasteiger partial charge in [0.15, 0.2) is 0 Å². The monoisotopic (exact) mass is 367 g/mol. The van der Waals surface area contributed by atoms with Crippen LogP contribution >= 0.6 is 0 Å². The molecule has 4 nitrogen and oxygen atoms in total. The summed E-state index contributed by atoms with van der Waals surface area (Å²) in [6.45, 7) is 6.84. The van der Waals surface area contributed by atoms with E-state index in [1.807, 2.05) is 12.3 Å². The topological polar surface area (TPSA) is 31.6 Å². The maximum atomic E-state index is 5.78. The van der Waals surface area contributed by atoms with Crippen LogP contribution in [0.15, 0.2) is 53.1 Å². The Labute approximate surface area is 163 Å². The summed E-state index contributed by atoms with van der Waals surface area (Å²) in [5.41, 5.74) is 1.42. The minimum atomic E-state index is 0.377. The minimum absolute atomic E-state index is 0.377. The molecule has 0 radical (unpaired) electrons. The highest BCUT2D eigenvalue weighted by Gasteiger charge is 2.26. The summed E-state index contributed by atoms with van der Waals surface area (Å²) < 4.78 is 5.78. The molecule has 2 aliphatic rings. The zero-order valence-electron chi connectivity index (χ0n) is 16.4. The van der Waals surface area contributed by atoms with Gasteiger partial charge in [-0.1, -0.05) is 36.8 Å². The van der Waals surface area contributed by atoms with Crippen LogP contribution in [0.2, 0.25) is 0 Å². The van der Waals surface area contributed by atoms with Gasteiger partial charge in [-0.15, -0.1) is 0 Å². The van der Waals surface area contributed by atoms with Crippen molar-refractivity contribution in [3.63, 3.8) is 0 Å². The summed E-state index contributed by atoms with van der Waals surface area (Å²) in [5, 5.41) is 3.86. The molecule has 0 amide bonds. The fraction of sp³-hybridized carbons (Fsp3) is 0.565. The molecule has 146 valence electrons. The van der Waals surface area contributed by atoms with Crippen molar-refractivity contribution in [2.24, 2.45) is 0 Å². The highest BCUT2D eigenvalue weighted by Crippen LogP contribution is 2.25. The third kappa shape index (κ3) is 5.22. The molecular weight excluding hydrogens is 334 g/mol. The van der Waals surface area contributed by atoms with Gasteiger partial charge in [-0.3, -0.25) is 9.80 Å². The molecule has 0 aliphatic carbocycles. The van der Waals surface area contributed by atoms with Crippen LogP contribution in [-0.2, 0) is 6.54 Å². The van der Waals surface area contributed by atoms with Gasteiger partial charge >= 0.3 is 0 Å². The van der Waals surface area contributed by atoms with Crippen molar-refractivity contribution in [2.45, 2.75) is 50.7 Å². The Balaban J connectivity index is 1.26. The third-order valence-corrected chi connectivity index (χ3v) is 6.14. The summed E-state index contributed by atoms with van der Waals surface area (Å²) >= 11 is 0. The Morgan fingerprint density at radius 1 is 0.926 bits per heavy atom. The molecule has 3 heterocycles. The van der Waals surface area contributed by atoms with Crippen molar-refractivity contribution in [1.82, 2.24) is 15.1 Å². The normalized spacial score (nSPS) is 21.3. The molecule has 2 fully saturated rings. The molecule has 0 saturated carbocycles. The quantitative estimate of drug-likeness (QED) is 0.800. The highest BCUT2D eigenvalue weighted by atomic mass is 16.3. The van der Waals surface area contributed by atoms with E-state index in [1.54, 1.807) is 0 Å². The fourth-order valence-electron chi connectivity index (χ4n) is 4.54. The molecular formula is C23H33N3O. The van der Waals surface area contributed by atoms with Crippen LogP contribution in [0.3, 0.4) is 0 Å². The van der Waals surface area contributed by atoms with Gasteiger partial charge in [-0.25, -0.2) is 0 Å². The molecule has 2 saturated heterocycles. The van der Waals surface area contributed by atoms with Crippen LogP contribution in [0.25, 0.3) is 0 Å². The van der Waals surface area contributed by atoms with Gasteiger partial charge in [0.1, 0.15) is 5.76 Å². The molecule has 1 aromatic heterocycles. The number of hydrogen-bond acceptors (Lipinski definition) is 4. The van der Waals surface area contributed by atoms with E-state index in [0.717, 1.165) is 18.8 Å². The molecule has 0 spiro atoms. The smallest absolute Gasteiger partial charge is 0.122 e. The number of nitrogens with zero attached hydrogens (tertiary/aromatic N) is 2. The Morgan fingerprint density at radius 3 is 2.41 bits per heavy atom. The fourth-order valence-corrected chi connectivity index (χ4v) is 4.54. The first-order valence-corrected chi connectivity index (χ1v) is 10.7. The Kier molecular flexibility index (Phi) is 6.62. The average molecular weight is 368 g/mol. The third-order valence-electron chi connectivity index (χ3n) is 6.14. The Hall–Kier alpha value is -1.62. The van der Waals surface area contributed by atoms with E-state index in [4.69, 9.17) is 4.42 Å². The number of likely N-dealkylation sites (tertiary alicyclic amines) is 2. The predicted molar refractivity (Wildman–Crippen MR) is 110 cm³/mol. The molecule has 4 heteroatoms. The molecule has 0 unspecified atom stereocenters. The molecule has 4 rings (SSSR count). The van der Waals surface area contributed by atoms with Crippen LogP contribution in [0.1, 0.15) is 49.5 Å². The van der Waals surface area contributed by atoms with Gasteiger partial charge < -0.3 is 9.73 Å². The average Bonchev–Trinajstić information content (AvgIpc) is 3.26. The van der Waals surface area contributed by atoms with E-state index in [9.17, 15) is 0 Å². The van der Waals surface area contributed by atoms with E-state index in [2.05, 4.69) is 51.5 Å². The van der Waals surface area contributed by atoms with E-state index in [0.29, 0.717) is 12.1 Å². The first-order chi connectivity index (χ1) is 13.4. The lowest BCUT2D eigenvalue weighted by Crippen LogP contribution is -2.46. The standard InChI is InChI=1S/C23H33N3O/c1-3-8-20(9-4-1)19-25-15-11-21(12-16-25)24-18-22(23-10-7-17-27-23)26-13-5-2-6-14-26/h1,3-4,7-10,17,21-22,24H,2,5-6,11-16,18-19H2/t22-/m0/s1. The van der Waals surface area contributed by atoms with Crippen molar-refractivity contribution in [3.8, 4) is 0 Å². The van der Waals surface area contributed by atoms with Crippen molar-refractivity contribution in [2.75, 3.05) is 32.7 Å².